The van der Waals surface area contributed by atoms with E-state index in [-0.39, 0.29) is 23.6 Å². The molecule has 0 spiro atoms. The van der Waals surface area contributed by atoms with Crippen molar-refractivity contribution in [3.63, 3.8) is 0 Å². The van der Waals surface area contributed by atoms with E-state index in [1.165, 1.54) is 24.3 Å². The van der Waals surface area contributed by atoms with Crippen LogP contribution in [-0.2, 0) is 19.2 Å². The van der Waals surface area contributed by atoms with Crippen LogP contribution in [0.4, 0.5) is 11.4 Å². The van der Waals surface area contributed by atoms with Crippen LogP contribution in [0.5, 0.6) is 23.0 Å². The smallest absolute Gasteiger partial charge is 0.258 e. The third kappa shape index (κ3) is 4.45. The normalized spacial score (nSPS) is 14.9. The van der Waals surface area contributed by atoms with Crippen molar-refractivity contribution in [1.82, 2.24) is 0 Å². The molecule has 0 aromatic heterocycles. The molecule has 0 bridgehead atoms. The molecule has 0 aliphatic carbocycles. The average molecular weight is 466 g/mol. The van der Waals surface area contributed by atoms with E-state index >= 15 is 0 Å². The van der Waals surface area contributed by atoms with Gasteiger partial charge in [0.25, 0.3) is 23.6 Å². The van der Waals surface area contributed by atoms with Gasteiger partial charge in [-0.25, -0.2) is 9.80 Å². The third-order valence-corrected chi connectivity index (χ3v) is 5.30. The Balaban J connectivity index is 1.29. The van der Waals surface area contributed by atoms with Crippen LogP contribution in [0.3, 0.4) is 0 Å². The molecule has 4 amide bonds. The molecule has 0 atom stereocenters. The van der Waals surface area contributed by atoms with E-state index in [1.807, 2.05) is 19.1 Å². The van der Waals surface area contributed by atoms with Crippen molar-refractivity contribution in [2.75, 3.05) is 9.80 Å². The fourth-order valence-corrected chi connectivity index (χ4v) is 3.74. The highest BCUT2D eigenvalue weighted by Crippen LogP contribution is 2.32. The first kappa shape index (κ1) is 21.8. The van der Waals surface area contributed by atoms with Crippen molar-refractivity contribution in [1.29, 1.82) is 0 Å². The van der Waals surface area contributed by atoms with Crippen LogP contribution < -0.4 is 19.3 Å². The molecule has 2 aliphatic rings. The topological polar surface area (TPSA) is 93.2 Å². The lowest BCUT2D eigenvalue weighted by molar-refractivity contribution is -0.121. The zero-order chi connectivity index (χ0) is 24.5. The summed E-state index contributed by atoms with van der Waals surface area (Å²) in [4.78, 5) is 49.5. The molecule has 0 saturated heterocycles. The number of rotatable bonds is 6. The SMILES string of the molecule is Cc1cc(Oc2ccc(N3C(=O)C=CC3=O)cc2)cc(Oc2ccc(N3C(=O)C=CC3=O)cc2)c1. The molecule has 0 unspecified atom stereocenters. The molecular weight excluding hydrogens is 448 g/mol. The molecule has 0 saturated carbocycles. The number of imide groups is 2. The predicted octanol–water partition coefficient (Wildman–Crippen LogP) is 4.44. The summed E-state index contributed by atoms with van der Waals surface area (Å²) in [6, 6.07) is 18.7. The quantitative estimate of drug-likeness (QED) is 0.499. The van der Waals surface area contributed by atoms with Gasteiger partial charge in [0, 0.05) is 30.4 Å². The summed E-state index contributed by atoms with van der Waals surface area (Å²) in [7, 11) is 0. The predicted molar refractivity (Wildman–Crippen MR) is 127 cm³/mol. The zero-order valence-corrected chi connectivity index (χ0v) is 18.5. The minimum absolute atomic E-state index is 0.382. The molecule has 3 aromatic carbocycles. The van der Waals surface area contributed by atoms with Gasteiger partial charge >= 0.3 is 0 Å². The van der Waals surface area contributed by atoms with Gasteiger partial charge in [-0.05, 0) is 73.2 Å². The van der Waals surface area contributed by atoms with Gasteiger partial charge in [-0.2, -0.15) is 0 Å². The molecule has 0 fully saturated rings. The van der Waals surface area contributed by atoms with Gasteiger partial charge in [-0.15, -0.1) is 0 Å². The van der Waals surface area contributed by atoms with E-state index in [4.69, 9.17) is 9.47 Å². The maximum Gasteiger partial charge on any atom is 0.258 e. The van der Waals surface area contributed by atoms with Crippen LogP contribution in [0.25, 0.3) is 0 Å². The number of hydrogen-bond acceptors (Lipinski definition) is 6. The van der Waals surface area contributed by atoms with Crippen LogP contribution in [0, 0.1) is 6.92 Å². The summed E-state index contributed by atoms with van der Waals surface area (Å²) < 4.78 is 11.9. The minimum Gasteiger partial charge on any atom is -0.457 e. The Hall–Kier alpha value is -4.98. The zero-order valence-electron chi connectivity index (χ0n) is 18.5. The summed E-state index contributed by atoms with van der Waals surface area (Å²) in [5.74, 6) is 0.600. The second-order valence-corrected chi connectivity index (χ2v) is 7.86. The molecular formula is C27H18N2O6. The Morgan fingerprint density at radius 2 is 0.829 bits per heavy atom. The van der Waals surface area contributed by atoms with Gasteiger partial charge in [0.15, 0.2) is 0 Å². The molecule has 8 heteroatoms. The Bertz CT molecular complexity index is 1280. The fourth-order valence-electron chi connectivity index (χ4n) is 3.74. The maximum atomic E-state index is 11.8. The number of carbonyl (C=O) groups is 4. The molecule has 0 radical (unpaired) electrons. The lowest BCUT2D eigenvalue weighted by Gasteiger charge is -2.15. The maximum absolute atomic E-state index is 11.8. The van der Waals surface area contributed by atoms with Gasteiger partial charge in [-0.3, -0.25) is 19.2 Å². The summed E-state index contributed by atoms with van der Waals surface area (Å²) in [6.07, 6.45) is 4.93. The van der Waals surface area contributed by atoms with E-state index in [2.05, 4.69) is 0 Å². The number of amides is 4. The van der Waals surface area contributed by atoms with E-state index in [0.717, 1.165) is 15.4 Å². The second-order valence-electron chi connectivity index (χ2n) is 7.86. The number of anilines is 2. The lowest BCUT2D eigenvalue weighted by Crippen LogP contribution is -2.29. The van der Waals surface area contributed by atoms with Crippen LogP contribution in [-0.4, -0.2) is 23.6 Å². The van der Waals surface area contributed by atoms with Crippen LogP contribution >= 0.6 is 0 Å². The van der Waals surface area contributed by atoms with Crippen molar-refractivity contribution >= 4 is 35.0 Å². The highest BCUT2D eigenvalue weighted by atomic mass is 16.5. The van der Waals surface area contributed by atoms with E-state index < -0.39 is 0 Å². The van der Waals surface area contributed by atoms with Crippen molar-refractivity contribution in [2.24, 2.45) is 0 Å². The molecule has 0 N–H and O–H groups in total. The van der Waals surface area contributed by atoms with Gasteiger partial charge in [0.1, 0.15) is 23.0 Å². The largest absolute Gasteiger partial charge is 0.457 e. The Morgan fingerprint density at radius 1 is 0.486 bits per heavy atom. The number of hydrogen-bond donors (Lipinski definition) is 0. The lowest BCUT2D eigenvalue weighted by atomic mass is 10.2. The summed E-state index contributed by atoms with van der Waals surface area (Å²) in [6.45, 7) is 1.90. The van der Waals surface area contributed by atoms with Crippen molar-refractivity contribution in [3.8, 4) is 23.0 Å². The van der Waals surface area contributed by atoms with Gasteiger partial charge in [-0.1, -0.05) is 0 Å². The molecule has 2 aliphatic heterocycles. The highest BCUT2D eigenvalue weighted by molar-refractivity contribution is 6.28. The van der Waals surface area contributed by atoms with Crippen molar-refractivity contribution < 1.29 is 28.7 Å². The number of carbonyl (C=O) groups excluding carboxylic acids is 4. The number of ether oxygens (including phenoxy) is 2. The molecule has 35 heavy (non-hydrogen) atoms. The van der Waals surface area contributed by atoms with E-state index in [1.54, 1.807) is 54.6 Å². The standard InChI is InChI=1S/C27H18N2O6/c1-17-14-22(34-20-6-2-18(3-7-20)28-24(30)10-11-25(28)31)16-23(15-17)35-21-8-4-19(5-9-21)29-26(32)12-13-27(29)33/h2-16H,1H3. The van der Waals surface area contributed by atoms with Gasteiger partial charge in [0.05, 0.1) is 11.4 Å². The van der Waals surface area contributed by atoms with Crippen LogP contribution in [0.1, 0.15) is 5.56 Å². The second kappa shape index (κ2) is 8.75. The summed E-state index contributed by atoms with van der Waals surface area (Å²) in [5.41, 5.74) is 1.83. The third-order valence-electron chi connectivity index (χ3n) is 5.30. The first-order valence-corrected chi connectivity index (χ1v) is 10.7. The summed E-state index contributed by atoms with van der Waals surface area (Å²) >= 11 is 0. The highest BCUT2D eigenvalue weighted by Gasteiger charge is 2.26. The van der Waals surface area contributed by atoms with Crippen LogP contribution in [0.2, 0.25) is 0 Å². The molecule has 172 valence electrons. The first-order chi connectivity index (χ1) is 16.9. The Kier molecular flexibility index (Phi) is 5.46. The molecule has 3 aromatic rings. The van der Waals surface area contributed by atoms with Crippen molar-refractivity contribution in [2.45, 2.75) is 6.92 Å². The number of nitrogens with zero attached hydrogens (tertiary/aromatic N) is 2. The fraction of sp³-hybridized carbons (Fsp3) is 0.0370. The van der Waals surface area contributed by atoms with Crippen molar-refractivity contribution in [3.05, 3.63) is 96.6 Å². The average Bonchev–Trinajstić information content (AvgIpc) is 3.34. The molecule has 2 heterocycles. The summed E-state index contributed by atoms with van der Waals surface area (Å²) in [5, 5.41) is 0. The number of benzene rings is 3. The minimum atomic E-state index is -0.382. The molecule has 5 rings (SSSR count). The van der Waals surface area contributed by atoms with Crippen LogP contribution in [0.15, 0.2) is 91.0 Å². The Morgan fingerprint density at radius 3 is 1.17 bits per heavy atom. The van der Waals surface area contributed by atoms with E-state index in [9.17, 15) is 19.2 Å². The van der Waals surface area contributed by atoms with E-state index in [0.29, 0.717) is 34.4 Å². The van der Waals surface area contributed by atoms with Gasteiger partial charge < -0.3 is 9.47 Å². The monoisotopic (exact) mass is 466 g/mol. The number of aryl methyl sites for hydroxylation is 1. The Labute approximate surface area is 200 Å². The first-order valence-electron chi connectivity index (χ1n) is 10.7. The van der Waals surface area contributed by atoms with Gasteiger partial charge in [0.2, 0.25) is 0 Å². The molecule has 8 nitrogen and oxygen atoms in total.